The Labute approximate surface area is 107 Å². The van der Waals surface area contributed by atoms with Gasteiger partial charge in [-0.1, -0.05) is 32.6 Å². The van der Waals surface area contributed by atoms with Crippen molar-refractivity contribution in [2.75, 3.05) is 13.7 Å². The second kappa shape index (κ2) is 6.19. The Bertz CT molecular complexity index is 213. The van der Waals surface area contributed by atoms with Crippen molar-refractivity contribution in [1.29, 1.82) is 0 Å². The molecule has 2 aliphatic carbocycles. The second-order valence-corrected chi connectivity index (χ2v) is 6.09. The van der Waals surface area contributed by atoms with Crippen LogP contribution >= 0.6 is 0 Å². The smallest absolute Gasteiger partial charge is 0.0693 e. The molecule has 0 aromatic heterocycles. The van der Waals surface area contributed by atoms with Gasteiger partial charge in [-0.2, -0.15) is 0 Å². The Hall–Kier alpha value is -0.0800. The molecule has 1 N–H and O–H groups in total. The molecule has 2 heteroatoms. The van der Waals surface area contributed by atoms with Crippen molar-refractivity contribution in [3.8, 4) is 0 Å². The molecule has 0 spiro atoms. The highest BCUT2D eigenvalue weighted by Crippen LogP contribution is 2.40. The zero-order valence-corrected chi connectivity index (χ0v) is 11.6. The molecule has 1 unspecified atom stereocenters. The van der Waals surface area contributed by atoms with E-state index in [-0.39, 0.29) is 5.60 Å². The fourth-order valence-electron chi connectivity index (χ4n) is 3.69. The topological polar surface area (TPSA) is 21.3 Å². The highest BCUT2D eigenvalue weighted by atomic mass is 16.5. The lowest BCUT2D eigenvalue weighted by Crippen LogP contribution is -2.46. The molecule has 1 atom stereocenters. The molecule has 0 aliphatic heterocycles. The predicted octanol–water partition coefficient (Wildman–Crippen LogP) is 3.50. The van der Waals surface area contributed by atoms with Gasteiger partial charge in [-0.3, -0.25) is 0 Å². The third-order valence-electron chi connectivity index (χ3n) is 4.90. The number of rotatable bonds is 7. The van der Waals surface area contributed by atoms with Crippen molar-refractivity contribution in [2.45, 2.75) is 76.4 Å². The SMILES string of the molecule is CCNC(CC1CCCC1)CC1(OC)CCC1. The molecule has 0 saturated heterocycles. The van der Waals surface area contributed by atoms with Crippen molar-refractivity contribution in [1.82, 2.24) is 5.32 Å². The minimum Gasteiger partial charge on any atom is -0.378 e. The first kappa shape index (κ1) is 13.4. The van der Waals surface area contributed by atoms with Gasteiger partial charge in [0.25, 0.3) is 0 Å². The van der Waals surface area contributed by atoms with Crippen LogP contribution in [0.1, 0.15) is 64.7 Å². The van der Waals surface area contributed by atoms with Gasteiger partial charge in [0.05, 0.1) is 5.60 Å². The number of hydrogen-bond acceptors (Lipinski definition) is 2. The molecule has 17 heavy (non-hydrogen) atoms. The van der Waals surface area contributed by atoms with Crippen molar-refractivity contribution in [2.24, 2.45) is 5.92 Å². The van der Waals surface area contributed by atoms with Gasteiger partial charge in [0.1, 0.15) is 0 Å². The summed E-state index contributed by atoms with van der Waals surface area (Å²) >= 11 is 0. The maximum atomic E-state index is 5.78. The van der Waals surface area contributed by atoms with E-state index in [0.29, 0.717) is 6.04 Å². The highest BCUT2D eigenvalue weighted by molar-refractivity contribution is 4.93. The monoisotopic (exact) mass is 239 g/mol. The summed E-state index contributed by atoms with van der Waals surface area (Å²) in [6.07, 6.45) is 12.3. The van der Waals surface area contributed by atoms with E-state index in [0.717, 1.165) is 12.5 Å². The summed E-state index contributed by atoms with van der Waals surface area (Å²) in [6.45, 7) is 3.32. The van der Waals surface area contributed by atoms with Crippen molar-refractivity contribution >= 4 is 0 Å². The molecule has 2 nitrogen and oxygen atoms in total. The van der Waals surface area contributed by atoms with Crippen LogP contribution in [0.25, 0.3) is 0 Å². The van der Waals surface area contributed by atoms with E-state index in [4.69, 9.17) is 4.74 Å². The van der Waals surface area contributed by atoms with E-state index < -0.39 is 0 Å². The maximum Gasteiger partial charge on any atom is 0.0693 e. The fourth-order valence-corrected chi connectivity index (χ4v) is 3.69. The Morgan fingerprint density at radius 1 is 1.24 bits per heavy atom. The summed E-state index contributed by atoms with van der Waals surface area (Å²) in [5.74, 6) is 0.980. The molecule has 2 fully saturated rings. The first-order valence-corrected chi connectivity index (χ1v) is 7.56. The summed E-state index contributed by atoms with van der Waals surface area (Å²) in [5.41, 5.74) is 0.228. The van der Waals surface area contributed by atoms with Crippen LogP contribution in [0, 0.1) is 5.92 Å². The molecule has 2 saturated carbocycles. The lowest BCUT2D eigenvalue weighted by Gasteiger charge is -2.43. The maximum absolute atomic E-state index is 5.78. The third-order valence-corrected chi connectivity index (χ3v) is 4.90. The molecule has 0 amide bonds. The minimum absolute atomic E-state index is 0.228. The fraction of sp³-hybridized carbons (Fsp3) is 1.00. The van der Waals surface area contributed by atoms with Gasteiger partial charge >= 0.3 is 0 Å². The lowest BCUT2D eigenvalue weighted by atomic mass is 9.74. The van der Waals surface area contributed by atoms with E-state index >= 15 is 0 Å². The van der Waals surface area contributed by atoms with Crippen LogP contribution < -0.4 is 5.32 Å². The van der Waals surface area contributed by atoms with Gasteiger partial charge in [0.2, 0.25) is 0 Å². The van der Waals surface area contributed by atoms with E-state index in [1.165, 1.54) is 57.8 Å². The zero-order chi connectivity index (χ0) is 12.1. The van der Waals surface area contributed by atoms with Gasteiger partial charge in [0, 0.05) is 13.2 Å². The van der Waals surface area contributed by atoms with E-state index in [9.17, 15) is 0 Å². The quantitative estimate of drug-likeness (QED) is 0.734. The summed E-state index contributed by atoms with van der Waals surface area (Å²) in [5, 5.41) is 3.69. The van der Waals surface area contributed by atoms with E-state index in [1.54, 1.807) is 0 Å². The molecule has 100 valence electrons. The Morgan fingerprint density at radius 2 is 1.94 bits per heavy atom. The van der Waals surface area contributed by atoms with Gasteiger partial charge < -0.3 is 10.1 Å². The number of methoxy groups -OCH3 is 1. The van der Waals surface area contributed by atoms with Crippen LogP contribution in [0.5, 0.6) is 0 Å². The normalized spacial score (nSPS) is 25.8. The van der Waals surface area contributed by atoms with Crippen LogP contribution in [-0.2, 0) is 4.74 Å². The lowest BCUT2D eigenvalue weighted by molar-refractivity contribution is -0.0845. The molecule has 0 radical (unpaired) electrons. The molecule has 0 aromatic carbocycles. The van der Waals surface area contributed by atoms with E-state index in [1.807, 2.05) is 7.11 Å². The molecule has 0 aromatic rings. The van der Waals surface area contributed by atoms with E-state index in [2.05, 4.69) is 12.2 Å². The largest absolute Gasteiger partial charge is 0.378 e. The van der Waals surface area contributed by atoms with Crippen LogP contribution in [0.15, 0.2) is 0 Å². The Balaban J connectivity index is 1.82. The molecular weight excluding hydrogens is 210 g/mol. The number of ether oxygens (including phenoxy) is 1. The van der Waals surface area contributed by atoms with Gasteiger partial charge in [0.15, 0.2) is 0 Å². The van der Waals surface area contributed by atoms with Gasteiger partial charge in [-0.25, -0.2) is 0 Å². The van der Waals surface area contributed by atoms with Gasteiger partial charge in [-0.15, -0.1) is 0 Å². The summed E-state index contributed by atoms with van der Waals surface area (Å²) in [6, 6.07) is 0.684. The highest BCUT2D eigenvalue weighted by Gasteiger charge is 2.39. The number of nitrogens with one attached hydrogen (secondary N) is 1. The zero-order valence-electron chi connectivity index (χ0n) is 11.6. The van der Waals surface area contributed by atoms with Crippen LogP contribution in [-0.4, -0.2) is 25.3 Å². The van der Waals surface area contributed by atoms with Crippen LogP contribution in [0.3, 0.4) is 0 Å². The number of hydrogen-bond donors (Lipinski definition) is 1. The molecule has 2 aliphatic rings. The van der Waals surface area contributed by atoms with Crippen molar-refractivity contribution in [3.63, 3.8) is 0 Å². The van der Waals surface area contributed by atoms with Gasteiger partial charge in [-0.05, 0) is 44.6 Å². The first-order chi connectivity index (χ1) is 8.28. The molecule has 2 rings (SSSR count). The molecule has 0 heterocycles. The predicted molar refractivity (Wildman–Crippen MR) is 72.2 cm³/mol. The van der Waals surface area contributed by atoms with Crippen molar-refractivity contribution < 1.29 is 4.74 Å². The minimum atomic E-state index is 0.228. The second-order valence-electron chi connectivity index (χ2n) is 6.09. The summed E-state index contributed by atoms with van der Waals surface area (Å²) < 4.78 is 5.78. The average Bonchev–Trinajstić information content (AvgIpc) is 2.76. The first-order valence-electron chi connectivity index (χ1n) is 7.56. The van der Waals surface area contributed by atoms with Crippen LogP contribution in [0.4, 0.5) is 0 Å². The average molecular weight is 239 g/mol. The standard InChI is InChI=1S/C15H29NO/c1-3-16-14(11-13-7-4-5-8-13)12-15(17-2)9-6-10-15/h13-14,16H,3-12H2,1-2H3. The molecule has 0 bridgehead atoms. The summed E-state index contributed by atoms with van der Waals surface area (Å²) in [7, 11) is 1.90. The Morgan fingerprint density at radius 3 is 2.41 bits per heavy atom. The molecular formula is C15H29NO. The summed E-state index contributed by atoms with van der Waals surface area (Å²) in [4.78, 5) is 0. The Kier molecular flexibility index (Phi) is 4.87. The van der Waals surface area contributed by atoms with Crippen molar-refractivity contribution in [3.05, 3.63) is 0 Å². The van der Waals surface area contributed by atoms with Crippen LogP contribution in [0.2, 0.25) is 0 Å². The third kappa shape index (κ3) is 3.45.